The molecule has 0 bridgehead atoms. The van der Waals surface area contributed by atoms with E-state index in [4.69, 9.17) is 0 Å². The number of nitrogens with zero attached hydrogens (tertiary/aromatic N) is 2. The summed E-state index contributed by atoms with van der Waals surface area (Å²) in [6.45, 7) is 2.47. The van der Waals surface area contributed by atoms with Gasteiger partial charge in [0.15, 0.2) is 11.6 Å². The molecule has 4 nitrogen and oxygen atoms in total. The topological polar surface area (TPSA) is 39.7 Å². The Balaban J connectivity index is 1.67. The second-order valence-electron chi connectivity index (χ2n) is 7.09. The van der Waals surface area contributed by atoms with Gasteiger partial charge in [0.1, 0.15) is 5.84 Å². The van der Waals surface area contributed by atoms with Crippen LogP contribution in [0.25, 0.3) is 0 Å². The lowest BCUT2D eigenvalue weighted by atomic mass is 9.84. The van der Waals surface area contributed by atoms with Crippen LogP contribution in [0.4, 0.5) is 20.2 Å². The fraction of sp³-hybridized carbons (Fsp3) is 0.350. The molecule has 2 heterocycles. The zero-order chi connectivity index (χ0) is 18.1. The van der Waals surface area contributed by atoms with Crippen molar-refractivity contribution in [3.05, 3.63) is 59.7 Å². The van der Waals surface area contributed by atoms with E-state index in [1.165, 1.54) is 6.07 Å². The number of hydrogen-bond donors (Lipinski definition) is 2. The highest BCUT2D eigenvalue weighted by atomic mass is 19.2. The van der Waals surface area contributed by atoms with Crippen LogP contribution in [0.5, 0.6) is 0 Å². The maximum atomic E-state index is 13.7. The first-order valence-electron chi connectivity index (χ1n) is 8.88. The molecule has 0 atom stereocenters. The Morgan fingerprint density at radius 2 is 1.81 bits per heavy atom. The maximum Gasteiger partial charge on any atom is 0.161 e. The summed E-state index contributed by atoms with van der Waals surface area (Å²) in [7, 11) is 2.09. The zero-order valence-corrected chi connectivity index (χ0v) is 14.7. The van der Waals surface area contributed by atoms with Gasteiger partial charge in [-0.2, -0.15) is 0 Å². The monoisotopic (exact) mass is 356 g/mol. The number of benzene rings is 2. The van der Waals surface area contributed by atoms with E-state index < -0.39 is 11.6 Å². The van der Waals surface area contributed by atoms with Crippen molar-refractivity contribution in [2.45, 2.75) is 24.9 Å². The summed E-state index contributed by atoms with van der Waals surface area (Å²) in [4.78, 5) is 6.95. The van der Waals surface area contributed by atoms with E-state index in [0.29, 0.717) is 17.9 Å². The van der Waals surface area contributed by atoms with Crippen LogP contribution in [0, 0.1) is 11.6 Å². The molecule has 136 valence electrons. The van der Waals surface area contributed by atoms with Crippen LogP contribution in [-0.4, -0.2) is 36.4 Å². The standard InChI is InChI=1S/C20H22F2N4/c1-26-9-7-20(8-10-26)19(23-13-14-5-3-2-4-6-14)24-17-11-15(21)16(22)12-18(17)25-20/h2-6,11-12,25H,7-10,13H2,1H3,(H,23,24). The molecule has 0 unspecified atom stereocenters. The molecule has 2 aliphatic rings. The molecule has 1 fully saturated rings. The molecular weight excluding hydrogens is 334 g/mol. The van der Waals surface area contributed by atoms with E-state index in [2.05, 4.69) is 27.6 Å². The molecule has 2 aromatic rings. The highest BCUT2D eigenvalue weighted by Gasteiger charge is 2.41. The van der Waals surface area contributed by atoms with Crippen LogP contribution in [0.3, 0.4) is 0 Å². The van der Waals surface area contributed by atoms with Gasteiger partial charge in [-0.15, -0.1) is 0 Å². The second kappa shape index (κ2) is 6.68. The summed E-state index contributed by atoms with van der Waals surface area (Å²) in [5, 5.41) is 6.90. The van der Waals surface area contributed by atoms with Gasteiger partial charge in [-0.3, -0.25) is 0 Å². The Bertz CT molecular complexity index is 827. The van der Waals surface area contributed by atoms with E-state index in [0.717, 1.165) is 43.4 Å². The average Bonchev–Trinajstić information content (AvgIpc) is 2.65. The first-order valence-corrected chi connectivity index (χ1v) is 8.88. The van der Waals surface area contributed by atoms with Crippen molar-refractivity contribution in [2.75, 3.05) is 25.5 Å². The van der Waals surface area contributed by atoms with Gasteiger partial charge in [0.2, 0.25) is 0 Å². The Kier molecular flexibility index (Phi) is 4.36. The minimum Gasteiger partial charge on any atom is -0.371 e. The molecular formula is C20H22F2N4. The van der Waals surface area contributed by atoms with E-state index in [1.54, 1.807) is 0 Å². The van der Waals surface area contributed by atoms with Crippen LogP contribution in [0.1, 0.15) is 18.4 Å². The number of amidine groups is 1. The average molecular weight is 356 g/mol. The van der Waals surface area contributed by atoms with Gasteiger partial charge < -0.3 is 15.5 Å². The quantitative estimate of drug-likeness (QED) is 0.862. The Morgan fingerprint density at radius 1 is 1.12 bits per heavy atom. The number of fused-ring (bicyclic) bond motifs is 1. The van der Waals surface area contributed by atoms with Crippen molar-refractivity contribution >= 4 is 17.2 Å². The Labute approximate surface area is 151 Å². The van der Waals surface area contributed by atoms with Crippen molar-refractivity contribution in [2.24, 2.45) is 4.99 Å². The lowest BCUT2D eigenvalue weighted by molar-refractivity contribution is 0.238. The number of piperidine rings is 1. The summed E-state index contributed by atoms with van der Waals surface area (Å²) >= 11 is 0. The third-order valence-corrected chi connectivity index (χ3v) is 5.24. The van der Waals surface area contributed by atoms with Gasteiger partial charge in [0.05, 0.1) is 16.9 Å². The van der Waals surface area contributed by atoms with Gasteiger partial charge >= 0.3 is 0 Å². The number of likely N-dealkylation sites (tertiary alicyclic amines) is 1. The van der Waals surface area contributed by atoms with E-state index in [9.17, 15) is 8.78 Å². The minimum atomic E-state index is -0.879. The van der Waals surface area contributed by atoms with E-state index in [1.807, 2.05) is 30.3 Å². The van der Waals surface area contributed by atoms with E-state index in [-0.39, 0.29) is 5.54 Å². The summed E-state index contributed by atoms with van der Waals surface area (Å²) in [5.41, 5.74) is 1.76. The van der Waals surface area contributed by atoms with Crippen LogP contribution >= 0.6 is 0 Å². The van der Waals surface area contributed by atoms with Gasteiger partial charge in [-0.25, -0.2) is 13.8 Å². The minimum absolute atomic E-state index is 0.376. The molecule has 26 heavy (non-hydrogen) atoms. The third kappa shape index (κ3) is 3.17. The van der Waals surface area contributed by atoms with Gasteiger partial charge in [-0.1, -0.05) is 30.3 Å². The number of halogens is 2. The lowest BCUT2D eigenvalue weighted by Crippen LogP contribution is -2.58. The fourth-order valence-corrected chi connectivity index (χ4v) is 3.63. The summed E-state index contributed by atoms with van der Waals surface area (Å²) < 4.78 is 27.4. The van der Waals surface area contributed by atoms with E-state index >= 15 is 0 Å². The molecule has 0 aliphatic carbocycles. The van der Waals surface area contributed by atoms with Gasteiger partial charge in [0, 0.05) is 31.8 Å². The van der Waals surface area contributed by atoms with Crippen molar-refractivity contribution in [3.63, 3.8) is 0 Å². The molecule has 1 saturated heterocycles. The molecule has 4 rings (SSSR count). The molecule has 2 N–H and O–H groups in total. The number of anilines is 1. The number of hydrogen-bond acceptors (Lipinski definition) is 4. The lowest BCUT2D eigenvalue weighted by Gasteiger charge is -2.45. The van der Waals surface area contributed by atoms with Crippen molar-refractivity contribution < 1.29 is 8.78 Å². The first kappa shape index (κ1) is 17.0. The molecule has 0 saturated carbocycles. The van der Waals surface area contributed by atoms with Crippen LogP contribution in [0.2, 0.25) is 0 Å². The maximum absolute atomic E-state index is 13.7. The second-order valence-corrected chi connectivity index (χ2v) is 7.09. The number of aliphatic imine (C=N–C) groups is 1. The predicted octanol–water partition coefficient (Wildman–Crippen LogP) is 3.67. The Morgan fingerprint density at radius 3 is 2.54 bits per heavy atom. The molecule has 0 amide bonds. The van der Waals surface area contributed by atoms with Crippen LogP contribution in [-0.2, 0) is 6.54 Å². The van der Waals surface area contributed by atoms with Crippen molar-refractivity contribution in [1.29, 1.82) is 0 Å². The molecule has 6 heteroatoms. The smallest absolute Gasteiger partial charge is 0.161 e. The highest BCUT2D eigenvalue weighted by molar-refractivity contribution is 6.00. The third-order valence-electron chi connectivity index (χ3n) is 5.24. The SMILES string of the molecule is CN1CCC2(CC1)Nc1cc(F)c(F)cc1N=C2NCc1ccccc1. The number of nitrogens with one attached hydrogen (secondary N) is 2. The predicted molar refractivity (Wildman–Crippen MR) is 99.8 cm³/mol. The highest BCUT2D eigenvalue weighted by Crippen LogP contribution is 2.39. The van der Waals surface area contributed by atoms with Gasteiger partial charge in [-0.05, 0) is 25.5 Å². The fourth-order valence-electron chi connectivity index (χ4n) is 3.63. The zero-order valence-electron chi connectivity index (χ0n) is 14.7. The summed E-state index contributed by atoms with van der Waals surface area (Å²) in [5.74, 6) is -0.931. The molecule has 2 aliphatic heterocycles. The Hall–Kier alpha value is -2.47. The molecule has 0 aromatic heterocycles. The number of rotatable bonds is 2. The van der Waals surface area contributed by atoms with Crippen LogP contribution in [0.15, 0.2) is 47.5 Å². The van der Waals surface area contributed by atoms with Crippen LogP contribution < -0.4 is 10.6 Å². The first-order chi connectivity index (χ1) is 12.6. The summed E-state index contributed by atoms with van der Waals surface area (Å²) in [6, 6.07) is 12.4. The molecule has 1 spiro atoms. The normalized spacial score (nSPS) is 18.8. The summed E-state index contributed by atoms with van der Waals surface area (Å²) in [6.07, 6.45) is 1.70. The van der Waals surface area contributed by atoms with Gasteiger partial charge in [0.25, 0.3) is 0 Å². The van der Waals surface area contributed by atoms with Crippen molar-refractivity contribution in [3.8, 4) is 0 Å². The van der Waals surface area contributed by atoms with Crippen molar-refractivity contribution in [1.82, 2.24) is 10.2 Å². The molecule has 2 aromatic carbocycles. The molecule has 0 radical (unpaired) electrons. The largest absolute Gasteiger partial charge is 0.371 e.